The van der Waals surface area contributed by atoms with E-state index in [1.54, 1.807) is 6.20 Å². The number of rotatable bonds is 6. The molecule has 3 rings (SSSR count). The molecule has 2 heterocycles. The number of carbonyl (C=O) groups is 1. The molecular formula is C17H14N2O4S2. The van der Waals surface area contributed by atoms with E-state index in [-0.39, 0.29) is 11.8 Å². The van der Waals surface area contributed by atoms with Crippen molar-refractivity contribution in [1.82, 2.24) is 9.71 Å². The Morgan fingerprint density at radius 2 is 1.68 bits per heavy atom. The standard InChI is InChI=1S/C17H14N2O4S2/c20-14-9-10-15(21)19(14)23-17(22)16(12-6-2-1-3-7-12)25-24-13-8-4-5-11-18-13/h1-11,16,20-21H. The summed E-state index contributed by atoms with van der Waals surface area (Å²) in [6.45, 7) is 0. The predicted molar refractivity (Wildman–Crippen MR) is 96.2 cm³/mol. The van der Waals surface area contributed by atoms with Crippen LogP contribution in [0.5, 0.6) is 11.8 Å². The maximum atomic E-state index is 12.6. The second kappa shape index (κ2) is 8.00. The molecule has 0 amide bonds. The van der Waals surface area contributed by atoms with Gasteiger partial charge in [-0.1, -0.05) is 47.2 Å². The monoisotopic (exact) mass is 374 g/mol. The zero-order chi connectivity index (χ0) is 17.6. The second-order valence-corrected chi connectivity index (χ2v) is 7.22. The van der Waals surface area contributed by atoms with Gasteiger partial charge < -0.3 is 15.1 Å². The molecule has 0 aliphatic carbocycles. The molecule has 2 N–H and O–H groups in total. The molecule has 0 saturated carbocycles. The zero-order valence-electron chi connectivity index (χ0n) is 12.9. The first kappa shape index (κ1) is 17.2. The molecule has 8 heteroatoms. The molecule has 0 radical (unpaired) electrons. The van der Waals surface area contributed by atoms with Crippen LogP contribution < -0.4 is 4.84 Å². The maximum absolute atomic E-state index is 12.6. The number of hydrogen-bond donors (Lipinski definition) is 2. The number of hydrogen-bond acceptors (Lipinski definition) is 7. The van der Waals surface area contributed by atoms with Gasteiger partial charge >= 0.3 is 5.97 Å². The fourth-order valence-electron chi connectivity index (χ4n) is 1.99. The Balaban J connectivity index is 1.79. The lowest BCUT2D eigenvalue weighted by atomic mass is 10.1. The molecule has 0 saturated heterocycles. The van der Waals surface area contributed by atoms with E-state index < -0.39 is 11.2 Å². The Morgan fingerprint density at radius 3 is 2.32 bits per heavy atom. The van der Waals surface area contributed by atoms with Crippen LogP contribution in [0.1, 0.15) is 10.8 Å². The minimum absolute atomic E-state index is 0.361. The Kier molecular flexibility index (Phi) is 5.52. The van der Waals surface area contributed by atoms with Gasteiger partial charge in [-0.2, -0.15) is 0 Å². The largest absolute Gasteiger partial charge is 0.492 e. The van der Waals surface area contributed by atoms with E-state index in [4.69, 9.17) is 4.84 Å². The van der Waals surface area contributed by atoms with Crippen LogP contribution in [0.3, 0.4) is 0 Å². The van der Waals surface area contributed by atoms with Crippen LogP contribution in [-0.2, 0) is 4.79 Å². The summed E-state index contributed by atoms with van der Waals surface area (Å²) in [6.07, 6.45) is 1.68. The SMILES string of the molecule is O=C(On1c(O)ccc1O)C(SSc1ccccn1)c1ccccc1. The van der Waals surface area contributed by atoms with Crippen LogP contribution in [0.15, 0.2) is 71.9 Å². The molecule has 128 valence electrons. The van der Waals surface area contributed by atoms with Crippen LogP contribution >= 0.6 is 21.6 Å². The topological polar surface area (TPSA) is 84.6 Å². The molecule has 1 unspecified atom stereocenters. The van der Waals surface area contributed by atoms with E-state index in [0.717, 1.165) is 10.6 Å². The van der Waals surface area contributed by atoms with Gasteiger partial charge in [-0.15, -0.1) is 4.73 Å². The Bertz CT molecular complexity index is 821. The molecular weight excluding hydrogens is 360 g/mol. The molecule has 0 bridgehead atoms. The van der Waals surface area contributed by atoms with Crippen LogP contribution in [0.4, 0.5) is 0 Å². The van der Waals surface area contributed by atoms with Crippen molar-refractivity contribution in [3.05, 3.63) is 72.4 Å². The minimum atomic E-state index is -0.672. The third-order valence-corrected chi connectivity index (χ3v) is 5.71. The van der Waals surface area contributed by atoms with Crippen molar-refractivity contribution in [2.24, 2.45) is 0 Å². The molecule has 3 aromatic rings. The van der Waals surface area contributed by atoms with Crippen molar-refractivity contribution in [2.75, 3.05) is 0 Å². The number of aromatic hydroxyl groups is 2. The zero-order valence-corrected chi connectivity index (χ0v) is 14.5. The quantitative estimate of drug-likeness (QED) is 0.639. The summed E-state index contributed by atoms with van der Waals surface area (Å²) < 4.78 is 0.685. The lowest BCUT2D eigenvalue weighted by molar-refractivity contribution is -0.144. The summed E-state index contributed by atoms with van der Waals surface area (Å²) in [4.78, 5) is 22.0. The van der Waals surface area contributed by atoms with E-state index in [2.05, 4.69) is 4.98 Å². The third-order valence-electron chi connectivity index (χ3n) is 3.16. The first-order chi connectivity index (χ1) is 12.1. The van der Waals surface area contributed by atoms with Crippen molar-refractivity contribution < 1.29 is 19.8 Å². The Labute approximate surface area is 151 Å². The highest BCUT2D eigenvalue weighted by atomic mass is 33.1. The van der Waals surface area contributed by atoms with Gasteiger partial charge in [0.05, 0.1) is 0 Å². The van der Waals surface area contributed by atoms with Gasteiger partial charge in [0, 0.05) is 18.3 Å². The number of aromatic nitrogens is 2. The first-order valence-electron chi connectivity index (χ1n) is 7.26. The van der Waals surface area contributed by atoms with E-state index in [1.807, 2.05) is 48.5 Å². The van der Waals surface area contributed by atoms with E-state index in [1.165, 1.54) is 33.7 Å². The van der Waals surface area contributed by atoms with Crippen LogP contribution in [-0.4, -0.2) is 25.9 Å². The van der Waals surface area contributed by atoms with Crippen molar-refractivity contribution in [2.45, 2.75) is 10.3 Å². The number of benzene rings is 1. The van der Waals surface area contributed by atoms with Gasteiger partial charge in [-0.3, -0.25) is 0 Å². The van der Waals surface area contributed by atoms with Crippen molar-refractivity contribution in [3.8, 4) is 11.8 Å². The summed E-state index contributed by atoms with van der Waals surface area (Å²) in [5, 5.41) is 19.4. The van der Waals surface area contributed by atoms with Crippen LogP contribution in [0.2, 0.25) is 0 Å². The summed E-state index contributed by atoms with van der Waals surface area (Å²) in [7, 11) is 2.62. The summed E-state index contributed by atoms with van der Waals surface area (Å²) in [5.41, 5.74) is 0.743. The second-order valence-electron chi connectivity index (χ2n) is 4.89. The van der Waals surface area contributed by atoms with Crippen LogP contribution in [0.25, 0.3) is 0 Å². The van der Waals surface area contributed by atoms with Crippen molar-refractivity contribution in [1.29, 1.82) is 0 Å². The molecule has 1 aromatic carbocycles. The number of carbonyl (C=O) groups excluding carboxylic acids is 1. The highest BCUT2D eigenvalue weighted by molar-refractivity contribution is 8.76. The number of pyridine rings is 1. The highest BCUT2D eigenvalue weighted by Crippen LogP contribution is 2.42. The minimum Gasteiger partial charge on any atom is -0.492 e. The molecule has 1 atom stereocenters. The van der Waals surface area contributed by atoms with Gasteiger partial charge in [0.1, 0.15) is 10.3 Å². The van der Waals surface area contributed by atoms with Crippen LogP contribution in [0, 0.1) is 0 Å². The van der Waals surface area contributed by atoms with E-state index in [9.17, 15) is 15.0 Å². The molecule has 6 nitrogen and oxygen atoms in total. The normalized spacial score (nSPS) is 11.8. The summed E-state index contributed by atoms with van der Waals surface area (Å²) in [5.74, 6) is -1.35. The van der Waals surface area contributed by atoms with E-state index >= 15 is 0 Å². The summed E-state index contributed by atoms with van der Waals surface area (Å²) >= 11 is 0. The average molecular weight is 374 g/mol. The van der Waals surface area contributed by atoms with Gasteiger partial charge in [0.15, 0.2) is 0 Å². The fraction of sp³-hybridized carbons (Fsp3) is 0.0588. The molecule has 0 aliphatic rings. The first-order valence-corrected chi connectivity index (χ1v) is 9.47. The van der Waals surface area contributed by atoms with Crippen molar-refractivity contribution >= 4 is 27.6 Å². The Morgan fingerprint density at radius 1 is 1.00 bits per heavy atom. The third kappa shape index (κ3) is 4.28. The van der Waals surface area contributed by atoms with E-state index in [0.29, 0.717) is 4.73 Å². The van der Waals surface area contributed by atoms with Gasteiger partial charge in [-0.05, 0) is 28.5 Å². The number of nitrogens with zero attached hydrogens (tertiary/aromatic N) is 2. The lowest BCUT2D eigenvalue weighted by Gasteiger charge is -2.15. The fourth-order valence-corrected chi connectivity index (χ4v) is 4.26. The molecule has 25 heavy (non-hydrogen) atoms. The highest BCUT2D eigenvalue weighted by Gasteiger charge is 2.26. The summed E-state index contributed by atoms with van der Waals surface area (Å²) in [6, 6.07) is 17.1. The Hall–Kier alpha value is -2.58. The molecule has 0 fully saturated rings. The average Bonchev–Trinajstić information content (AvgIpc) is 2.96. The molecule has 0 aliphatic heterocycles. The predicted octanol–water partition coefficient (Wildman–Crippen LogP) is 3.43. The van der Waals surface area contributed by atoms with Gasteiger partial charge in [-0.25, -0.2) is 9.78 Å². The smallest absolute Gasteiger partial charge is 0.351 e. The van der Waals surface area contributed by atoms with Gasteiger partial charge in [0.2, 0.25) is 11.8 Å². The molecule has 2 aromatic heterocycles. The van der Waals surface area contributed by atoms with Crippen molar-refractivity contribution in [3.63, 3.8) is 0 Å². The maximum Gasteiger partial charge on any atom is 0.351 e. The lowest BCUT2D eigenvalue weighted by Crippen LogP contribution is -2.23. The molecule has 0 spiro atoms. The van der Waals surface area contributed by atoms with Gasteiger partial charge in [0.25, 0.3) is 0 Å².